The number of amides is 2. The van der Waals surface area contributed by atoms with Crippen molar-refractivity contribution in [3.05, 3.63) is 96.8 Å². The second kappa shape index (κ2) is 17.4. The average molecular weight is 796 g/mol. The van der Waals surface area contributed by atoms with E-state index in [4.69, 9.17) is 43.8 Å². The maximum atomic E-state index is 14.4. The lowest BCUT2D eigenvalue weighted by Gasteiger charge is -2.19. The molecule has 0 spiro atoms. The molecule has 54 heavy (non-hydrogen) atoms. The lowest BCUT2D eigenvalue weighted by molar-refractivity contribution is -0.385. The standard InChI is InChI=1S/C18H13ClF3NO7.C18H15ClFNO3/c1-2-28-16(24)9-29-17(25)12-8-11(4-5-14(12)23(26)27)30-15-6-3-10(7-13(15)19)18(20,21)22;1-3-10(2)24-16-9-15(14(20)8-13(16)19)21-17(22)11-6-4-5-7-12(11)18(21)23/h3-8H,2,9H2,1H3;1,8-10H,4-7H2,2H3. The van der Waals surface area contributed by atoms with Gasteiger partial charge in [0.05, 0.1) is 32.8 Å². The summed E-state index contributed by atoms with van der Waals surface area (Å²) < 4.78 is 72.6. The lowest BCUT2D eigenvalue weighted by atomic mass is 9.93. The van der Waals surface area contributed by atoms with Crippen molar-refractivity contribution in [2.45, 2.75) is 51.8 Å². The van der Waals surface area contributed by atoms with Gasteiger partial charge < -0.3 is 18.9 Å². The number of terminal acetylenes is 1. The van der Waals surface area contributed by atoms with Gasteiger partial charge in [0.25, 0.3) is 17.5 Å². The summed E-state index contributed by atoms with van der Waals surface area (Å²) in [5.41, 5.74) is -1.35. The van der Waals surface area contributed by atoms with Crippen LogP contribution >= 0.6 is 23.2 Å². The molecule has 12 nitrogen and oxygen atoms in total. The molecule has 2 amide bonds. The monoisotopic (exact) mass is 794 g/mol. The van der Waals surface area contributed by atoms with Gasteiger partial charge in [-0.05, 0) is 69.9 Å². The van der Waals surface area contributed by atoms with E-state index < -0.39 is 70.2 Å². The molecule has 0 radical (unpaired) electrons. The van der Waals surface area contributed by atoms with Gasteiger partial charge in [-0.2, -0.15) is 13.2 Å². The third kappa shape index (κ3) is 9.65. The highest BCUT2D eigenvalue weighted by Gasteiger charge is 2.41. The second-order valence-corrected chi connectivity index (χ2v) is 12.1. The molecule has 3 aromatic rings. The fourth-order valence-corrected chi connectivity index (χ4v) is 5.57. The van der Waals surface area contributed by atoms with E-state index in [1.54, 1.807) is 6.92 Å². The third-order valence-corrected chi connectivity index (χ3v) is 8.26. The Labute approximate surface area is 314 Å². The Morgan fingerprint density at radius 1 is 0.981 bits per heavy atom. The Bertz CT molecular complexity index is 2050. The number of benzene rings is 3. The molecule has 1 unspecified atom stereocenters. The van der Waals surface area contributed by atoms with Gasteiger partial charge in [-0.25, -0.2) is 18.9 Å². The number of alkyl halides is 3. The molecule has 0 saturated carbocycles. The summed E-state index contributed by atoms with van der Waals surface area (Å²) in [5, 5.41) is 10.8. The molecule has 0 saturated heterocycles. The maximum absolute atomic E-state index is 14.4. The van der Waals surface area contributed by atoms with Crippen molar-refractivity contribution >= 4 is 58.3 Å². The smallest absolute Gasteiger partial charge is 0.416 e. The summed E-state index contributed by atoms with van der Waals surface area (Å²) in [4.78, 5) is 59.7. The van der Waals surface area contributed by atoms with E-state index >= 15 is 0 Å². The first-order valence-corrected chi connectivity index (χ1v) is 16.6. The fraction of sp³-hybridized carbons (Fsp3) is 0.278. The van der Waals surface area contributed by atoms with Gasteiger partial charge in [-0.1, -0.05) is 29.1 Å². The van der Waals surface area contributed by atoms with Gasteiger partial charge in [0, 0.05) is 29.3 Å². The molecule has 18 heteroatoms. The molecule has 284 valence electrons. The molecule has 0 fully saturated rings. The molecule has 1 heterocycles. The predicted molar refractivity (Wildman–Crippen MR) is 185 cm³/mol. The third-order valence-electron chi connectivity index (χ3n) is 7.67. The van der Waals surface area contributed by atoms with E-state index in [0.717, 1.165) is 54.1 Å². The minimum absolute atomic E-state index is 0.0233. The number of halogens is 6. The SMILES string of the molecule is C#CC(C)Oc1cc(N2C(=O)C3=C(CCCC3)C2=O)c(F)cc1Cl.CCOC(=O)COC(=O)c1cc(Oc2ccc(C(F)(F)F)cc2Cl)ccc1[N+](=O)[O-]. The predicted octanol–water partition coefficient (Wildman–Crippen LogP) is 8.40. The number of imide groups is 1. The number of hydrogen-bond donors (Lipinski definition) is 0. The first-order chi connectivity index (χ1) is 25.5. The van der Waals surface area contributed by atoms with Crippen molar-refractivity contribution in [1.29, 1.82) is 0 Å². The Morgan fingerprint density at radius 2 is 1.61 bits per heavy atom. The average Bonchev–Trinajstić information content (AvgIpc) is 3.37. The molecule has 3 aromatic carbocycles. The quantitative estimate of drug-likeness (QED) is 0.0489. The first kappa shape index (κ1) is 41.1. The Morgan fingerprint density at radius 3 is 2.17 bits per heavy atom. The van der Waals surface area contributed by atoms with Crippen LogP contribution in [0.2, 0.25) is 10.0 Å². The number of nitrogens with zero attached hydrogens (tertiary/aromatic N) is 2. The number of ether oxygens (including phenoxy) is 4. The van der Waals surface area contributed by atoms with Crippen molar-refractivity contribution in [3.63, 3.8) is 0 Å². The molecule has 1 aliphatic heterocycles. The largest absolute Gasteiger partial charge is 0.476 e. The number of nitro benzene ring substituents is 1. The van der Waals surface area contributed by atoms with Crippen molar-refractivity contribution in [2.75, 3.05) is 18.1 Å². The van der Waals surface area contributed by atoms with Crippen molar-refractivity contribution in [1.82, 2.24) is 0 Å². The summed E-state index contributed by atoms with van der Waals surface area (Å²) in [7, 11) is 0. The number of hydrogen-bond acceptors (Lipinski definition) is 10. The highest BCUT2D eigenvalue weighted by atomic mass is 35.5. The van der Waals surface area contributed by atoms with Gasteiger partial charge in [-0.15, -0.1) is 6.42 Å². The van der Waals surface area contributed by atoms with Crippen LogP contribution in [0.5, 0.6) is 17.2 Å². The Balaban J connectivity index is 0.000000246. The molecular weight excluding hydrogens is 767 g/mol. The van der Waals surface area contributed by atoms with Gasteiger partial charge >= 0.3 is 18.1 Å². The minimum Gasteiger partial charge on any atom is -0.476 e. The maximum Gasteiger partial charge on any atom is 0.416 e. The number of carbonyl (C=O) groups excluding carboxylic acids is 4. The molecular formula is C36H28Cl2F4N2O10. The molecule has 2 aliphatic rings. The van der Waals surface area contributed by atoms with E-state index in [0.29, 0.717) is 30.1 Å². The Kier molecular flexibility index (Phi) is 13.3. The number of nitro groups is 1. The highest BCUT2D eigenvalue weighted by molar-refractivity contribution is 6.34. The van der Waals surface area contributed by atoms with Crippen molar-refractivity contribution < 1.29 is 60.6 Å². The van der Waals surface area contributed by atoms with Crippen LogP contribution in [-0.2, 0) is 30.0 Å². The van der Waals surface area contributed by atoms with Crippen LogP contribution in [0, 0.1) is 28.3 Å². The van der Waals surface area contributed by atoms with Crippen LogP contribution in [-0.4, -0.2) is 48.0 Å². The molecule has 1 atom stereocenters. The number of carbonyl (C=O) groups is 4. The zero-order valence-electron chi connectivity index (χ0n) is 28.3. The van der Waals surface area contributed by atoms with E-state index in [1.807, 2.05) is 0 Å². The summed E-state index contributed by atoms with van der Waals surface area (Å²) in [5.74, 6) is -1.55. The summed E-state index contributed by atoms with van der Waals surface area (Å²) >= 11 is 11.8. The van der Waals surface area contributed by atoms with Gasteiger partial charge in [0.2, 0.25) is 0 Å². The second-order valence-electron chi connectivity index (χ2n) is 11.3. The van der Waals surface area contributed by atoms with Crippen molar-refractivity contribution in [3.8, 4) is 29.6 Å². The Hall–Kier alpha value is -5.66. The topological polar surface area (TPSA) is 152 Å². The van der Waals surface area contributed by atoms with Crippen LogP contribution in [0.25, 0.3) is 0 Å². The van der Waals surface area contributed by atoms with Crippen LogP contribution in [0.3, 0.4) is 0 Å². The molecule has 5 rings (SSSR count). The van der Waals surface area contributed by atoms with Gasteiger partial charge in [-0.3, -0.25) is 19.7 Å². The fourth-order valence-electron chi connectivity index (χ4n) is 5.16. The van der Waals surface area contributed by atoms with Crippen LogP contribution in [0.4, 0.5) is 28.9 Å². The normalized spacial score (nSPS) is 14.3. The van der Waals surface area contributed by atoms with Gasteiger partial charge in [0.1, 0.15) is 28.6 Å². The van der Waals surface area contributed by atoms with E-state index in [2.05, 4.69) is 10.7 Å². The first-order valence-electron chi connectivity index (χ1n) is 15.8. The molecule has 0 bridgehead atoms. The number of rotatable bonds is 10. The summed E-state index contributed by atoms with van der Waals surface area (Å²) in [6.07, 6.45) is 2.86. The highest BCUT2D eigenvalue weighted by Crippen LogP contribution is 2.40. The molecule has 1 aliphatic carbocycles. The van der Waals surface area contributed by atoms with Crippen LogP contribution in [0.1, 0.15) is 55.5 Å². The van der Waals surface area contributed by atoms with Crippen molar-refractivity contribution in [2.24, 2.45) is 0 Å². The summed E-state index contributed by atoms with van der Waals surface area (Å²) in [6.45, 7) is 2.46. The lowest BCUT2D eigenvalue weighted by Crippen LogP contribution is -2.32. The zero-order chi connectivity index (χ0) is 39.9. The van der Waals surface area contributed by atoms with Crippen LogP contribution < -0.4 is 14.4 Å². The zero-order valence-corrected chi connectivity index (χ0v) is 29.8. The number of esters is 2. The van der Waals surface area contributed by atoms with Crippen LogP contribution in [0.15, 0.2) is 59.7 Å². The minimum atomic E-state index is -4.61. The molecule has 0 N–H and O–H groups in total. The summed E-state index contributed by atoms with van der Waals surface area (Å²) in [6, 6.07) is 7.62. The number of anilines is 1. The molecule has 0 aromatic heterocycles. The van der Waals surface area contributed by atoms with E-state index in [9.17, 15) is 46.9 Å². The van der Waals surface area contributed by atoms with E-state index in [1.165, 1.54) is 13.0 Å². The van der Waals surface area contributed by atoms with E-state index in [-0.39, 0.29) is 39.6 Å². The van der Waals surface area contributed by atoms with Gasteiger partial charge in [0.15, 0.2) is 12.7 Å².